The van der Waals surface area contributed by atoms with Crippen LogP contribution in [0, 0.1) is 6.92 Å². The SMILES string of the molecule is CCn1c(SCc2cc(C)on2)nnc1C1CC1. The monoisotopic (exact) mass is 264 g/mol. The molecule has 1 fully saturated rings. The first-order chi connectivity index (χ1) is 8.78. The van der Waals surface area contributed by atoms with Crippen molar-refractivity contribution in [2.24, 2.45) is 0 Å². The number of hydrogen-bond acceptors (Lipinski definition) is 5. The van der Waals surface area contributed by atoms with Gasteiger partial charge in [0.25, 0.3) is 0 Å². The molecule has 1 aliphatic carbocycles. The van der Waals surface area contributed by atoms with Crippen molar-refractivity contribution in [3.63, 3.8) is 0 Å². The maximum atomic E-state index is 5.06. The molecule has 0 unspecified atom stereocenters. The Morgan fingerprint density at radius 3 is 2.89 bits per heavy atom. The molecule has 0 N–H and O–H groups in total. The van der Waals surface area contributed by atoms with Crippen LogP contribution in [0.25, 0.3) is 0 Å². The van der Waals surface area contributed by atoms with Gasteiger partial charge in [0.05, 0.1) is 5.69 Å². The van der Waals surface area contributed by atoms with Gasteiger partial charge in [-0.15, -0.1) is 10.2 Å². The lowest BCUT2D eigenvalue weighted by atomic mass is 10.4. The van der Waals surface area contributed by atoms with Gasteiger partial charge in [-0.2, -0.15) is 0 Å². The molecule has 0 spiro atoms. The van der Waals surface area contributed by atoms with Crippen LogP contribution in [0.5, 0.6) is 0 Å². The summed E-state index contributed by atoms with van der Waals surface area (Å²) in [6.45, 7) is 4.97. The van der Waals surface area contributed by atoms with Crippen molar-refractivity contribution in [1.82, 2.24) is 19.9 Å². The van der Waals surface area contributed by atoms with Gasteiger partial charge in [-0.1, -0.05) is 16.9 Å². The Hall–Kier alpha value is -1.30. The van der Waals surface area contributed by atoms with Gasteiger partial charge in [-0.05, 0) is 26.7 Å². The normalized spacial score (nSPS) is 15.2. The molecule has 18 heavy (non-hydrogen) atoms. The molecule has 2 heterocycles. The summed E-state index contributed by atoms with van der Waals surface area (Å²) in [5, 5.41) is 13.6. The molecule has 2 aromatic rings. The van der Waals surface area contributed by atoms with Crippen LogP contribution >= 0.6 is 11.8 Å². The summed E-state index contributed by atoms with van der Waals surface area (Å²) in [6.07, 6.45) is 2.51. The molecule has 0 aliphatic heterocycles. The van der Waals surface area contributed by atoms with Crippen molar-refractivity contribution in [3.8, 4) is 0 Å². The lowest BCUT2D eigenvalue weighted by Crippen LogP contribution is -2.01. The molecule has 0 bridgehead atoms. The molecular formula is C12H16N4OS. The minimum atomic E-state index is 0.640. The molecule has 1 saturated carbocycles. The summed E-state index contributed by atoms with van der Waals surface area (Å²) in [5.41, 5.74) is 0.955. The van der Waals surface area contributed by atoms with Crippen LogP contribution in [-0.4, -0.2) is 19.9 Å². The first kappa shape index (κ1) is 11.8. The van der Waals surface area contributed by atoms with Gasteiger partial charge in [0.15, 0.2) is 5.16 Å². The first-order valence-corrected chi connectivity index (χ1v) is 7.24. The van der Waals surface area contributed by atoms with Crippen molar-refractivity contribution in [1.29, 1.82) is 0 Å². The Labute approximate surface area is 110 Å². The maximum Gasteiger partial charge on any atom is 0.191 e. The zero-order valence-electron chi connectivity index (χ0n) is 10.6. The molecule has 0 atom stereocenters. The van der Waals surface area contributed by atoms with Crippen molar-refractivity contribution in [3.05, 3.63) is 23.3 Å². The van der Waals surface area contributed by atoms with Crippen LogP contribution in [0.4, 0.5) is 0 Å². The van der Waals surface area contributed by atoms with E-state index < -0.39 is 0 Å². The molecule has 0 amide bonds. The summed E-state index contributed by atoms with van der Waals surface area (Å²) >= 11 is 1.67. The van der Waals surface area contributed by atoms with E-state index in [0.717, 1.165) is 34.7 Å². The fourth-order valence-electron chi connectivity index (χ4n) is 1.97. The second-order valence-electron chi connectivity index (χ2n) is 4.58. The van der Waals surface area contributed by atoms with E-state index in [2.05, 4.69) is 26.8 Å². The predicted molar refractivity (Wildman–Crippen MR) is 68.5 cm³/mol. The van der Waals surface area contributed by atoms with Crippen LogP contribution in [0.3, 0.4) is 0 Å². The molecule has 0 saturated heterocycles. The maximum absolute atomic E-state index is 5.06. The van der Waals surface area contributed by atoms with Crippen molar-refractivity contribution >= 4 is 11.8 Å². The summed E-state index contributed by atoms with van der Waals surface area (Å²) in [7, 11) is 0. The van der Waals surface area contributed by atoms with Gasteiger partial charge < -0.3 is 9.09 Å². The molecule has 5 nitrogen and oxygen atoms in total. The number of aryl methyl sites for hydroxylation is 1. The van der Waals surface area contributed by atoms with Gasteiger partial charge >= 0.3 is 0 Å². The number of hydrogen-bond donors (Lipinski definition) is 0. The number of rotatable bonds is 5. The molecule has 96 valence electrons. The number of nitrogens with zero attached hydrogens (tertiary/aromatic N) is 4. The van der Waals surface area contributed by atoms with E-state index in [1.165, 1.54) is 12.8 Å². The Morgan fingerprint density at radius 2 is 2.28 bits per heavy atom. The smallest absolute Gasteiger partial charge is 0.191 e. The fourth-order valence-corrected chi connectivity index (χ4v) is 2.86. The molecule has 1 aliphatic rings. The third-order valence-electron chi connectivity index (χ3n) is 3.03. The van der Waals surface area contributed by atoms with E-state index in [1.54, 1.807) is 11.8 Å². The van der Waals surface area contributed by atoms with Gasteiger partial charge in [0.1, 0.15) is 11.6 Å². The van der Waals surface area contributed by atoms with Crippen molar-refractivity contribution < 1.29 is 4.52 Å². The van der Waals surface area contributed by atoms with Gasteiger partial charge in [-0.25, -0.2) is 0 Å². The minimum absolute atomic E-state index is 0.640. The number of aromatic nitrogens is 4. The lowest BCUT2D eigenvalue weighted by molar-refractivity contribution is 0.393. The second-order valence-corrected chi connectivity index (χ2v) is 5.52. The zero-order valence-corrected chi connectivity index (χ0v) is 11.4. The van der Waals surface area contributed by atoms with Crippen molar-refractivity contribution in [2.45, 2.75) is 50.1 Å². The first-order valence-electron chi connectivity index (χ1n) is 6.26. The molecule has 0 aromatic carbocycles. The van der Waals surface area contributed by atoms with E-state index in [1.807, 2.05) is 13.0 Å². The van der Waals surface area contributed by atoms with Gasteiger partial charge in [0.2, 0.25) is 0 Å². The van der Waals surface area contributed by atoms with Crippen molar-refractivity contribution in [2.75, 3.05) is 0 Å². The Bertz CT molecular complexity index is 544. The molecular weight excluding hydrogens is 248 g/mol. The average molecular weight is 264 g/mol. The fraction of sp³-hybridized carbons (Fsp3) is 0.583. The van der Waals surface area contributed by atoms with Crippen LogP contribution in [0.1, 0.15) is 43.0 Å². The van der Waals surface area contributed by atoms with Gasteiger partial charge in [-0.3, -0.25) is 0 Å². The molecule has 6 heteroatoms. The Kier molecular flexibility index (Phi) is 3.11. The highest BCUT2D eigenvalue weighted by atomic mass is 32.2. The summed E-state index contributed by atoms with van der Waals surface area (Å²) in [5.74, 6) is 3.42. The van der Waals surface area contributed by atoms with E-state index in [-0.39, 0.29) is 0 Å². The third kappa shape index (κ3) is 2.29. The third-order valence-corrected chi connectivity index (χ3v) is 4.03. The van der Waals surface area contributed by atoms with Gasteiger partial charge in [0, 0.05) is 24.3 Å². The van der Waals surface area contributed by atoms with E-state index >= 15 is 0 Å². The standard InChI is InChI=1S/C12H16N4OS/c1-3-16-11(9-4-5-9)13-14-12(16)18-7-10-6-8(2)17-15-10/h6,9H,3-5,7H2,1-2H3. The number of thioether (sulfide) groups is 1. The Morgan fingerprint density at radius 1 is 1.44 bits per heavy atom. The van der Waals surface area contributed by atoms with Crippen LogP contribution in [0.15, 0.2) is 15.7 Å². The average Bonchev–Trinajstić information content (AvgIpc) is 3.00. The van der Waals surface area contributed by atoms with Crippen LogP contribution in [-0.2, 0) is 12.3 Å². The van der Waals surface area contributed by atoms with E-state index in [0.29, 0.717) is 5.92 Å². The predicted octanol–water partition coefficient (Wildman–Crippen LogP) is 2.76. The van der Waals surface area contributed by atoms with Crippen LogP contribution < -0.4 is 0 Å². The summed E-state index contributed by atoms with van der Waals surface area (Å²) < 4.78 is 7.27. The molecule has 0 radical (unpaired) electrons. The molecule has 3 rings (SSSR count). The Balaban J connectivity index is 1.72. The highest BCUT2D eigenvalue weighted by Crippen LogP contribution is 2.40. The van der Waals surface area contributed by atoms with E-state index in [4.69, 9.17) is 4.52 Å². The molecule has 2 aromatic heterocycles. The highest BCUT2D eigenvalue weighted by molar-refractivity contribution is 7.98. The highest BCUT2D eigenvalue weighted by Gasteiger charge is 2.29. The quantitative estimate of drug-likeness (QED) is 0.777. The zero-order chi connectivity index (χ0) is 12.5. The summed E-state index contributed by atoms with van der Waals surface area (Å²) in [4.78, 5) is 0. The topological polar surface area (TPSA) is 56.7 Å². The van der Waals surface area contributed by atoms with E-state index in [9.17, 15) is 0 Å². The minimum Gasteiger partial charge on any atom is -0.361 e. The largest absolute Gasteiger partial charge is 0.361 e. The summed E-state index contributed by atoms with van der Waals surface area (Å²) in [6, 6.07) is 1.96. The lowest BCUT2D eigenvalue weighted by Gasteiger charge is -2.05. The van der Waals surface area contributed by atoms with Crippen LogP contribution in [0.2, 0.25) is 0 Å². The second kappa shape index (κ2) is 4.76.